The Kier molecular flexibility index (Phi) is 3.48. The van der Waals surface area contributed by atoms with Gasteiger partial charge in [-0.2, -0.15) is 0 Å². The zero-order valence-electron chi connectivity index (χ0n) is 9.64. The van der Waals surface area contributed by atoms with Crippen molar-refractivity contribution in [1.82, 2.24) is 4.98 Å². The van der Waals surface area contributed by atoms with Crippen molar-refractivity contribution in [1.29, 1.82) is 0 Å². The molecule has 1 aromatic carbocycles. The smallest absolute Gasteiger partial charge is 0.259 e. The second kappa shape index (κ2) is 5.06. The lowest BCUT2D eigenvalue weighted by molar-refractivity contribution is 0.102. The van der Waals surface area contributed by atoms with Crippen LogP contribution in [-0.4, -0.2) is 16.0 Å². The van der Waals surface area contributed by atoms with Gasteiger partial charge in [-0.3, -0.25) is 9.78 Å². The molecule has 18 heavy (non-hydrogen) atoms. The van der Waals surface area contributed by atoms with Crippen LogP contribution >= 0.6 is 11.6 Å². The Hall–Kier alpha value is -2.07. The molecule has 0 atom stereocenters. The molecule has 0 aliphatic heterocycles. The summed E-state index contributed by atoms with van der Waals surface area (Å²) in [7, 11) is 0. The summed E-state index contributed by atoms with van der Waals surface area (Å²) in [4.78, 5) is 15.9. The van der Waals surface area contributed by atoms with Crippen LogP contribution in [0.4, 0.5) is 5.69 Å². The van der Waals surface area contributed by atoms with Crippen LogP contribution in [0.2, 0.25) is 5.02 Å². The number of phenols is 1. The lowest BCUT2D eigenvalue weighted by Gasteiger charge is -2.07. The largest absolute Gasteiger partial charge is 0.507 e. The standard InChI is InChI=1S/C13H11ClN2O2/c1-8-4-10(7-15-6-8)16-13(18)11-5-9(14)2-3-12(11)17/h2-7,17H,1H3,(H,16,18). The summed E-state index contributed by atoms with van der Waals surface area (Å²) >= 11 is 5.79. The van der Waals surface area contributed by atoms with Crippen molar-refractivity contribution in [2.24, 2.45) is 0 Å². The molecule has 92 valence electrons. The first-order chi connectivity index (χ1) is 8.56. The quantitative estimate of drug-likeness (QED) is 0.875. The molecule has 0 unspecified atom stereocenters. The molecule has 1 aromatic heterocycles. The van der Waals surface area contributed by atoms with Gasteiger partial charge in [0, 0.05) is 11.2 Å². The third-order valence-corrected chi connectivity index (χ3v) is 2.57. The Labute approximate surface area is 109 Å². The second-order valence-corrected chi connectivity index (χ2v) is 4.30. The number of aromatic nitrogens is 1. The third kappa shape index (κ3) is 2.78. The summed E-state index contributed by atoms with van der Waals surface area (Å²) in [5.41, 5.74) is 1.63. The molecule has 2 N–H and O–H groups in total. The first kappa shape index (κ1) is 12.4. The number of nitrogens with one attached hydrogen (secondary N) is 1. The van der Waals surface area contributed by atoms with Gasteiger partial charge >= 0.3 is 0 Å². The van der Waals surface area contributed by atoms with E-state index in [9.17, 15) is 9.90 Å². The molecule has 4 nitrogen and oxygen atoms in total. The van der Waals surface area contributed by atoms with Gasteiger partial charge in [0.1, 0.15) is 5.75 Å². The lowest BCUT2D eigenvalue weighted by atomic mass is 10.2. The average molecular weight is 263 g/mol. The van der Waals surface area contributed by atoms with Gasteiger partial charge < -0.3 is 10.4 Å². The van der Waals surface area contributed by atoms with Crippen molar-refractivity contribution < 1.29 is 9.90 Å². The van der Waals surface area contributed by atoms with Crippen LogP contribution < -0.4 is 5.32 Å². The van der Waals surface area contributed by atoms with E-state index < -0.39 is 5.91 Å². The van der Waals surface area contributed by atoms with Gasteiger partial charge in [-0.1, -0.05) is 11.6 Å². The minimum atomic E-state index is -0.428. The number of hydrogen-bond acceptors (Lipinski definition) is 3. The van der Waals surface area contributed by atoms with Crippen LogP contribution in [0, 0.1) is 6.92 Å². The highest BCUT2D eigenvalue weighted by molar-refractivity contribution is 6.31. The summed E-state index contributed by atoms with van der Waals surface area (Å²) in [6.45, 7) is 1.87. The third-order valence-electron chi connectivity index (χ3n) is 2.34. The van der Waals surface area contributed by atoms with Gasteiger partial charge in [-0.05, 0) is 36.8 Å². The maximum absolute atomic E-state index is 11.9. The molecule has 0 fully saturated rings. The van der Waals surface area contributed by atoms with E-state index in [2.05, 4.69) is 10.3 Å². The van der Waals surface area contributed by atoms with Crippen LogP contribution in [0.3, 0.4) is 0 Å². The monoisotopic (exact) mass is 262 g/mol. The molecule has 2 aromatic rings. The maximum atomic E-state index is 11.9. The number of halogens is 1. The van der Waals surface area contributed by atoms with E-state index in [1.54, 1.807) is 12.3 Å². The van der Waals surface area contributed by atoms with E-state index in [1.807, 2.05) is 6.92 Å². The first-order valence-corrected chi connectivity index (χ1v) is 5.65. The number of rotatable bonds is 2. The highest BCUT2D eigenvalue weighted by atomic mass is 35.5. The highest BCUT2D eigenvalue weighted by Crippen LogP contribution is 2.22. The van der Waals surface area contributed by atoms with Crippen LogP contribution in [-0.2, 0) is 0 Å². The minimum absolute atomic E-state index is 0.113. The van der Waals surface area contributed by atoms with Crippen molar-refractivity contribution in [3.8, 4) is 5.75 Å². The van der Waals surface area contributed by atoms with Crippen molar-refractivity contribution in [3.05, 3.63) is 52.8 Å². The Bertz CT molecular complexity index is 599. The Morgan fingerprint density at radius 3 is 2.83 bits per heavy atom. The fraction of sp³-hybridized carbons (Fsp3) is 0.0769. The van der Waals surface area contributed by atoms with Gasteiger partial charge in [0.15, 0.2) is 0 Å². The Morgan fingerprint density at radius 2 is 2.11 bits per heavy atom. The molecule has 0 saturated heterocycles. The molecule has 1 heterocycles. The molecule has 2 rings (SSSR count). The summed E-state index contributed by atoms with van der Waals surface area (Å²) in [6.07, 6.45) is 3.22. The van der Waals surface area contributed by atoms with Crippen LogP contribution in [0.15, 0.2) is 36.7 Å². The van der Waals surface area contributed by atoms with Gasteiger partial charge in [-0.15, -0.1) is 0 Å². The Balaban J connectivity index is 2.24. The number of hydrogen-bond donors (Lipinski definition) is 2. The van der Waals surface area contributed by atoms with E-state index in [0.29, 0.717) is 10.7 Å². The normalized spacial score (nSPS) is 10.1. The van der Waals surface area contributed by atoms with Crippen molar-refractivity contribution in [3.63, 3.8) is 0 Å². The number of pyridine rings is 1. The van der Waals surface area contributed by atoms with Crippen molar-refractivity contribution in [2.75, 3.05) is 5.32 Å². The van der Waals surface area contributed by atoms with Crippen LogP contribution in [0.5, 0.6) is 5.75 Å². The molecule has 5 heteroatoms. The van der Waals surface area contributed by atoms with Crippen LogP contribution in [0.1, 0.15) is 15.9 Å². The number of phenolic OH excluding ortho intramolecular Hbond substituents is 1. The summed E-state index contributed by atoms with van der Waals surface area (Å²) in [5.74, 6) is -0.542. The van der Waals surface area contributed by atoms with Crippen molar-refractivity contribution >= 4 is 23.2 Å². The number of aromatic hydroxyl groups is 1. The first-order valence-electron chi connectivity index (χ1n) is 5.28. The zero-order valence-corrected chi connectivity index (χ0v) is 10.4. The summed E-state index contributed by atoms with van der Waals surface area (Å²) in [5, 5.41) is 12.6. The minimum Gasteiger partial charge on any atom is -0.507 e. The number of carbonyl (C=O) groups excluding carboxylic acids is 1. The lowest BCUT2D eigenvalue weighted by Crippen LogP contribution is -2.12. The second-order valence-electron chi connectivity index (χ2n) is 3.87. The van der Waals surface area contributed by atoms with E-state index in [1.165, 1.54) is 24.4 Å². The molecular weight excluding hydrogens is 252 g/mol. The average Bonchev–Trinajstić information content (AvgIpc) is 2.32. The van der Waals surface area contributed by atoms with Gasteiger partial charge in [0.05, 0.1) is 17.4 Å². The molecule has 0 saturated carbocycles. The van der Waals surface area contributed by atoms with Gasteiger partial charge in [0.25, 0.3) is 5.91 Å². The molecule has 0 aliphatic carbocycles. The maximum Gasteiger partial charge on any atom is 0.259 e. The van der Waals surface area contributed by atoms with E-state index in [-0.39, 0.29) is 11.3 Å². The molecule has 0 aliphatic rings. The van der Waals surface area contributed by atoms with E-state index in [4.69, 9.17) is 11.6 Å². The number of anilines is 1. The fourth-order valence-corrected chi connectivity index (χ4v) is 1.68. The molecule has 0 radical (unpaired) electrons. The highest BCUT2D eigenvalue weighted by Gasteiger charge is 2.12. The number of benzene rings is 1. The molecule has 0 bridgehead atoms. The number of aryl methyl sites for hydroxylation is 1. The topological polar surface area (TPSA) is 62.2 Å². The van der Waals surface area contributed by atoms with Gasteiger partial charge in [0.2, 0.25) is 0 Å². The van der Waals surface area contributed by atoms with E-state index in [0.717, 1.165) is 5.56 Å². The molecule has 1 amide bonds. The number of carbonyl (C=O) groups is 1. The predicted molar refractivity (Wildman–Crippen MR) is 70.0 cm³/mol. The zero-order chi connectivity index (χ0) is 13.1. The number of nitrogens with zero attached hydrogens (tertiary/aromatic N) is 1. The van der Waals surface area contributed by atoms with E-state index >= 15 is 0 Å². The molecule has 0 spiro atoms. The summed E-state index contributed by atoms with van der Waals surface area (Å²) < 4.78 is 0. The van der Waals surface area contributed by atoms with Crippen molar-refractivity contribution in [2.45, 2.75) is 6.92 Å². The SMILES string of the molecule is Cc1cncc(NC(=O)c2cc(Cl)ccc2O)c1. The number of amides is 1. The summed E-state index contributed by atoms with van der Waals surface area (Å²) in [6, 6.07) is 6.09. The fourth-order valence-electron chi connectivity index (χ4n) is 1.51. The van der Waals surface area contributed by atoms with Crippen LogP contribution in [0.25, 0.3) is 0 Å². The Morgan fingerprint density at radius 1 is 1.33 bits per heavy atom. The van der Waals surface area contributed by atoms with Gasteiger partial charge in [-0.25, -0.2) is 0 Å². The molecular formula is C13H11ClN2O2. The predicted octanol–water partition coefficient (Wildman–Crippen LogP) is 3.00.